The molecule has 5 nitrogen and oxygen atoms in total. The normalized spacial score (nSPS) is 10.4. The van der Waals surface area contributed by atoms with Gasteiger partial charge in [-0.15, -0.1) is 0 Å². The summed E-state index contributed by atoms with van der Waals surface area (Å²) in [6.45, 7) is 4.13. The summed E-state index contributed by atoms with van der Waals surface area (Å²) in [6, 6.07) is 9.73. The molecular formula is C13H17N5. The number of nitrogens with zero attached hydrogens (tertiary/aromatic N) is 2. The van der Waals surface area contributed by atoms with Gasteiger partial charge in [-0.05, 0) is 32.0 Å². The number of nitrogens with two attached hydrogens (primary N) is 1. The Morgan fingerprint density at radius 3 is 2.61 bits per heavy atom. The topological polar surface area (TPSA) is 75.9 Å². The lowest BCUT2D eigenvalue weighted by Gasteiger charge is -2.10. The molecular weight excluding hydrogens is 226 g/mol. The van der Waals surface area contributed by atoms with Gasteiger partial charge in [-0.1, -0.05) is 6.07 Å². The van der Waals surface area contributed by atoms with Gasteiger partial charge < -0.3 is 16.4 Å². The van der Waals surface area contributed by atoms with E-state index in [2.05, 4.69) is 34.4 Å². The number of benzene rings is 1. The number of anilines is 4. The fourth-order valence-electron chi connectivity index (χ4n) is 1.56. The summed E-state index contributed by atoms with van der Waals surface area (Å²) < 4.78 is 0. The Kier molecular flexibility index (Phi) is 3.62. The van der Waals surface area contributed by atoms with Crippen LogP contribution < -0.4 is 16.4 Å². The maximum Gasteiger partial charge on any atom is 0.135 e. The van der Waals surface area contributed by atoms with Crippen LogP contribution in [0.5, 0.6) is 0 Å². The Morgan fingerprint density at radius 2 is 1.89 bits per heavy atom. The van der Waals surface area contributed by atoms with Crippen LogP contribution in [0.2, 0.25) is 0 Å². The zero-order chi connectivity index (χ0) is 13.0. The van der Waals surface area contributed by atoms with Crippen LogP contribution in [0.4, 0.5) is 23.0 Å². The van der Waals surface area contributed by atoms with Crippen LogP contribution in [0, 0.1) is 0 Å². The van der Waals surface area contributed by atoms with Gasteiger partial charge in [0.1, 0.15) is 18.0 Å². The maximum absolute atomic E-state index is 5.72. The Hall–Kier alpha value is -2.30. The van der Waals surface area contributed by atoms with Gasteiger partial charge in [-0.2, -0.15) is 0 Å². The molecule has 0 fully saturated rings. The molecule has 0 amide bonds. The quantitative estimate of drug-likeness (QED) is 0.720. The predicted molar refractivity (Wildman–Crippen MR) is 74.9 cm³/mol. The second-order valence-corrected chi connectivity index (χ2v) is 4.34. The molecule has 0 radical (unpaired) electrons. The molecule has 0 aliphatic carbocycles. The number of hydrogen-bond acceptors (Lipinski definition) is 5. The fraction of sp³-hybridized carbons (Fsp3) is 0.231. The third kappa shape index (κ3) is 3.35. The fourth-order valence-corrected chi connectivity index (χ4v) is 1.56. The zero-order valence-corrected chi connectivity index (χ0v) is 10.5. The molecule has 18 heavy (non-hydrogen) atoms. The van der Waals surface area contributed by atoms with Crippen molar-refractivity contribution in [2.45, 2.75) is 19.9 Å². The highest BCUT2D eigenvalue weighted by atomic mass is 15.1. The van der Waals surface area contributed by atoms with E-state index < -0.39 is 0 Å². The first-order valence-electron chi connectivity index (χ1n) is 5.84. The van der Waals surface area contributed by atoms with E-state index in [9.17, 15) is 0 Å². The highest BCUT2D eigenvalue weighted by Gasteiger charge is 2.01. The first kappa shape index (κ1) is 12.2. The Bertz CT molecular complexity index is 524. The Labute approximate surface area is 106 Å². The zero-order valence-electron chi connectivity index (χ0n) is 10.5. The lowest BCUT2D eigenvalue weighted by Crippen LogP contribution is -2.11. The van der Waals surface area contributed by atoms with Crippen molar-refractivity contribution in [2.24, 2.45) is 0 Å². The van der Waals surface area contributed by atoms with Crippen LogP contribution in [-0.2, 0) is 0 Å². The standard InChI is InChI=1S/C13H17N5/c1-9(2)17-12-7-13(16-8-15-12)18-11-5-3-4-10(14)6-11/h3-9H,14H2,1-2H3,(H2,15,16,17,18). The second kappa shape index (κ2) is 5.35. The van der Waals surface area contributed by atoms with E-state index in [-0.39, 0.29) is 0 Å². The number of nitrogens with one attached hydrogen (secondary N) is 2. The van der Waals surface area contributed by atoms with E-state index >= 15 is 0 Å². The minimum atomic E-state index is 0.333. The van der Waals surface area contributed by atoms with Crippen LogP contribution in [0.3, 0.4) is 0 Å². The molecule has 5 heteroatoms. The van der Waals surface area contributed by atoms with Gasteiger partial charge in [0.15, 0.2) is 0 Å². The van der Waals surface area contributed by atoms with Crippen LogP contribution in [0.1, 0.15) is 13.8 Å². The number of rotatable bonds is 4. The molecule has 0 bridgehead atoms. The van der Waals surface area contributed by atoms with Crippen molar-refractivity contribution in [1.29, 1.82) is 0 Å². The summed E-state index contributed by atoms with van der Waals surface area (Å²) in [5.41, 5.74) is 7.35. The highest BCUT2D eigenvalue weighted by molar-refractivity contribution is 5.62. The summed E-state index contributed by atoms with van der Waals surface area (Å²) in [5, 5.41) is 6.41. The van der Waals surface area contributed by atoms with Gasteiger partial charge >= 0.3 is 0 Å². The number of aromatic nitrogens is 2. The van der Waals surface area contributed by atoms with E-state index in [1.165, 1.54) is 6.33 Å². The van der Waals surface area contributed by atoms with Gasteiger partial charge in [0, 0.05) is 23.5 Å². The molecule has 1 aromatic heterocycles. The minimum absolute atomic E-state index is 0.333. The van der Waals surface area contributed by atoms with Gasteiger partial charge in [-0.3, -0.25) is 0 Å². The molecule has 0 aliphatic rings. The first-order chi connectivity index (χ1) is 8.63. The lowest BCUT2D eigenvalue weighted by molar-refractivity contribution is 0.886. The second-order valence-electron chi connectivity index (χ2n) is 4.34. The molecule has 94 valence electrons. The van der Waals surface area contributed by atoms with Gasteiger partial charge in [0.25, 0.3) is 0 Å². The van der Waals surface area contributed by atoms with E-state index in [0.717, 1.165) is 23.0 Å². The smallest absolute Gasteiger partial charge is 0.135 e. The average Bonchev–Trinajstić information content (AvgIpc) is 2.28. The van der Waals surface area contributed by atoms with Crippen molar-refractivity contribution in [3.05, 3.63) is 36.7 Å². The van der Waals surface area contributed by atoms with Crippen LogP contribution in [0.25, 0.3) is 0 Å². The van der Waals surface area contributed by atoms with Gasteiger partial charge in [0.2, 0.25) is 0 Å². The van der Waals surface area contributed by atoms with E-state index in [4.69, 9.17) is 5.73 Å². The van der Waals surface area contributed by atoms with Crippen molar-refractivity contribution in [3.63, 3.8) is 0 Å². The Morgan fingerprint density at radius 1 is 1.11 bits per heavy atom. The highest BCUT2D eigenvalue weighted by Crippen LogP contribution is 2.18. The van der Waals surface area contributed by atoms with Crippen molar-refractivity contribution < 1.29 is 0 Å². The van der Waals surface area contributed by atoms with E-state index in [1.807, 2.05) is 30.3 Å². The molecule has 1 heterocycles. The average molecular weight is 243 g/mol. The van der Waals surface area contributed by atoms with Crippen molar-refractivity contribution in [1.82, 2.24) is 9.97 Å². The third-order valence-electron chi connectivity index (χ3n) is 2.26. The van der Waals surface area contributed by atoms with Gasteiger partial charge in [0.05, 0.1) is 0 Å². The molecule has 0 spiro atoms. The first-order valence-corrected chi connectivity index (χ1v) is 5.84. The summed E-state index contributed by atoms with van der Waals surface area (Å²) in [7, 11) is 0. The van der Waals surface area contributed by atoms with Crippen LogP contribution in [-0.4, -0.2) is 16.0 Å². The monoisotopic (exact) mass is 243 g/mol. The SMILES string of the molecule is CC(C)Nc1cc(Nc2cccc(N)c2)ncn1. The molecule has 1 aromatic carbocycles. The summed E-state index contributed by atoms with van der Waals surface area (Å²) >= 11 is 0. The number of nitrogen functional groups attached to an aromatic ring is 1. The lowest BCUT2D eigenvalue weighted by atomic mass is 10.3. The molecule has 0 atom stereocenters. The largest absolute Gasteiger partial charge is 0.399 e. The molecule has 0 unspecified atom stereocenters. The van der Waals surface area contributed by atoms with E-state index in [0.29, 0.717) is 6.04 Å². The Balaban J connectivity index is 2.14. The van der Waals surface area contributed by atoms with Crippen LogP contribution in [0.15, 0.2) is 36.7 Å². The van der Waals surface area contributed by atoms with Crippen molar-refractivity contribution in [3.8, 4) is 0 Å². The number of hydrogen-bond donors (Lipinski definition) is 3. The summed E-state index contributed by atoms with van der Waals surface area (Å²) in [4.78, 5) is 8.32. The van der Waals surface area contributed by atoms with E-state index in [1.54, 1.807) is 0 Å². The predicted octanol–water partition coefficient (Wildman–Crippen LogP) is 2.62. The molecule has 2 rings (SSSR count). The molecule has 2 aromatic rings. The van der Waals surface area contributed by atoms with Crippen molar-refractivity contribution >= 4 is 23.0 Å². The summed E-state index contributed by atoms with van der Waals surface area (Å²) in [5.74, 6) is 1.53. The third-order valence-corrected chi connectivity index (χ3v) is 2.26. The summed E-state index contributed by atoms with van der Waals surface area (Å²) in [6.07, 6.45) is 1.53. The van der Waals surface area contributed by atoms with Crippen molar-refractivity contribution in [2.75, 3.05) is 16.4 Å². The molecule has 4 N–H and O–H groups in total. The molecule has 0 saturated carbocycles. The minimum Gasteiger partial charge on any atom is -0.399 e. The maximum atomic E-state index is 5.72. The van der Waals surface area contributed by atoms with Gasteiger partial charge in [-0.25, -0.2) is 9.97 Å². The molecule has 0 saturated heterocycles. The van der Waals surface area contributed by atoms with Crippen LogP contribution >= 0.6 is 0 Å². The molecule has 0 aliphatic heterocycles.